The van der Waals surface area contributed by atoms with Gasteiger partial charge in [-0.05, 0) is 62.2 Å². The van der Waals surface area contributed by atoms with Gasteiger partial charge in [0.15, 0.2) is 0 Å². The summed E-state index contributed by atoms with van der Waals surface area (Å²) in [5.41, 5.74) is 0. The number of hydrogen-bond acceptors (Lipinski definition) is 1. The summed E-state index contributed by atoms with van der Waals surface area (Å²) in [6, 6.07) is 0. The Morgan fingerprint density at radius 2 is 1.19 bits per heavy atom. The van der Waals surface area contributed by atoms with Gasteiger partial charge in [0.2, 0.25) is 0 Å². The quantitative estimate of drug-likeness (QED) is 0.394. The van der Waals surface area contributed by atoms with Gasteiger partial charge < -0.3 is 4.74 Å². The Morgan fingerprint density at radius 1 is 0.812 bits per heavy atom. The SMILES string of the molecule is C1C2CC3CC1CC(C2)C3.C=CCOC=C. The molecule has 0 radical (unpaired) electrons. The Balaban J connectivity index is 0.000000142. The normalized spacial score (nSPS) is 38.5. The molecule has 0 aromatic heterocycles. The molecule has 0 unspecified atom stereocenters. The first kappa shape index (κ1) is 11.8. The van der Waals surface area contributed by atoms with Crippen molar-refractivity contribution in [3.8, 4) is 0 Å². The smallest absolute Gasteiger partial charge is 0.105 e. The summed E-state index contributed by atoms with van der Waals surface area (Å²) in [5, 5.41) is 0. The fraction of sp³-hybridized carbons (Fsp3) is 0.733. The Kier molecular flexibility index (Phi) is 4.09. The van der Waals surface area contributed by atoms with E-state index in [9.17, 15) is 0 Å². The molecule has 0 aromatic rings. The van der Waals surface area contributed by atoms with E-state index in [1.165, 1.54) is 29.9 Å². The highest BCUT2D eigenvalue weighted by molar-refractivity contribution is 4.92. The van der Waals surface area contributed by atoms with E-state index in [2.05, 4.69) is 17.9 Å². The Labute approximate surface area is 99.6 Å². The van der Waals surface area contributed by atoms with Crippen LogP contribution in [-0.2, 0) is 4.74 Å². The second-order valence-electron chi connectivity index (χ2n) is 5.67. The molecule has 0 aliphatic heterocycles. The van der Waals surface area contributed by atoms with Gasteiger partial charge in [-0.25, -0.2) is 0 Å². The fourth-order valence-corrected chi connectivity index (χ4v) is 4.12. The van der Waals surface area contributed by atoms with Gasteiger partial charge in [0, 0.05) is 0 Å². The molecule has 0 aromatic carbocycles. The molecular formula is C15H24O. The minimum atomic E-state index is 0.559. The molecule has 90 valence electrons. The summed E-state index contributed by atoms with van der Waals surface area (Å²) in [5.74, 6) is 4.71. The first-order valence-corrected chi connectivity index (χ1v) is 6.65. The van der Waals surface area contributed by atoms with E-state index in [0.717, 1.165) is 0 Å². The third kappa shape index (κ3) is 2.90. The highest BCUT2D eigenvalue weighted by Crippen LogP contribution is 2.53. The van der Waals surface area contributed by atoms with Crippen molar-refractivity contribution in [2.45, 2.75) is 38.5 Å². The fourth-order valence-electron chi connectivity index (χ4n) is 4.12. The van der Waals surface area contributed by atoms with E-state index in [-0.39, 0.29) is 0 Å². The average molecular weight is 220 g/mol. The molecule has 0 atom stereocenters. The minimum absolute atomic E-state index is 0.559. The monoisotopic (exact) mass is 220 g/mol. The van der Waals surface area contributed by atoms with Gasteiger partial charge >= 0.3 is 0 Å². The molecule has 4 aliphatic carbocycles. The van der Waals surface area contributed by atoms with Gasteiger partial charge in [0.1, 0.15) is 6.61 Å². The van der Waals surface area contributed by atoms with Gasteiger partial charge in [-0.2, -0.15) is 0 Å². The van der Waals surface area contributed by atoms with Gasteiger partial charge in [-0.3, -0.25) is 0 Å². The van der Waals surface area contributed by atoms with Crippen LogP contribution in [0, 0.1) is 23.7 Å². The Hall–Kier alpha value is -0.720. The lowest BCUT2D eigenvalue weighted by Gasteiger charge is -2.49. The van der Waals surface area contributed by atoms with Crippen molar-refractivity contribution in [3.05, 3.63) is 25.5 Å². The van der Waals surface area contributed by atoms with Gasteiger partial charge in [0.05, 0.1) is 6.26 Å². The zero-order valence-electron chi connectivity index (χ0n) is 10.2. The van der Waals surface area contributed by atoms with Crippen LogP contribution < -0.4 is 0 Å². The second kappa shape index (κ2) is 5.56. The molecule has 16 heavy (non-hydrogen) atoms. The van der Waals surface area contributed by atoms with Gasteiger partial charge in [-0.1, -0.05) is 19.2 Å². The van der Waals surface area contributed by atoms with Crippen LogP contribution in [0.4, 0.5) is 0 Å². The predicted octanol–water partition coefficient (Wildman–Crippen LogP) is 4.17. The van der Waals surface area contributed by atoms with Gasteiger partial charge in [0.25, 0.3) is 0 Å². The van der Waals surface area contributed by atoms with Gasteiger partial charge in [-0.15, -0.1) is 0 Å². The average Bonchev–Trinajstić information content (AvgIpc) is 2.25. The molecule has 0 amide bonds. The predicted molar refractivity (Wildman–Crippen MR) is 68.0 cm³/mol. The van der Waals surface area contributed by atoms with E-state index in [1.54, 1.807) is 44.6 Å². The Morgan fingerprint density at radius 3 is 1.38 bits per heavy atom. The maximum absolute atomic E-state index is 4.63. The van der Waals surface area contributed by atoms with Crippen LogP contribution >= 0.6 is 0 Å². The highest BCUT2D eigenvalue weighted by Gasteiger charge is 2.41. The minimum Gasteiger partial charge on any atom is -0.498 e. The molecular weight excluding hydrogens is 196 g/mol. The van der Waals surface area contributed by atoms with Crippen LogP contribution in [0.3, 0.4) is 0 Å². The van der Waals surface area contributed by atoms with Crippen molar-refractivity contribution in [2.75, 3.05) is 6.61 Å². The molecule has 1 nitrogen and oxygen atoms in total. The third-order valence-corrected chi connectivity index (χ3v) is 4.33. The summed E-state index contributed by atoms with van der Waals surface area (Å²) in [6.45, 7) is 7.31. The van der Waals surface area contributed by atoms with Crippen LogP contribution in [0.15, 0.2) is 25.5 Å². The molecule has 0 heterocycles. The first-order chi connectivity index (χ1) is 7.81. The molecule has 4 bridgehead atoms. The number of ether oxygens (including phenoxy) is 1. The lowest BCUT2D eigenvalue weighted by molar-refractivity contribution is 0.0198. The molecule has 4 saturated carbocycles. The second-order valence-corrected chi connectivity index (χ2v) is 5.67. The number of hydrogen-bond donors (Lipinski definition) is 0. The Bertz CT molecular complexity index is 179. The lowest BCUT2D eigenvalue weighted by atomic mass is 9.56. The van der Waals surface area contributed by atoms with Crippen molar-refractivity contribution >= 4 is 0 Å². The zero-order valence-corrected chi connectivity index (χ0v) is 10.2. The van der Waals surface area contributed by atoms with Crippen LogP contribution in [0.25, 0.3) is 0 Å². The largest absolute Gasteiger partial charge is 0.498 e. The van der Waals surface area contributed by atoms with Crippen LogP contribution in [0.1, 0.15) is 38.5 Å². The third-order valence-electron chi connectivity index (χ3n) is 4.33. The van der Waals surface area contributed by atoms with Crippen molar-refractivity contribution in [1.29, 1.82) is 0 Å². The topological polar surface area (TPSA) is 9.23 Å². The maximum atomic E-state index is 4.63. The summed E-state index contributed by atoms with van der Waals surface area (Å²) < 4.78 is 4.63. The van der Waals surface area contributed by atoms with E-state index in [4.69, 9.17) is 0 Å². The zero-order chi connectivity index (χ0) is 11.4. The maximum Gasteiger partial charge on any atom is 0.105 e. The summed E-state index contributed by atoms with van der Waals surface area (Å²) >= 11 is 0. The van der Waals surface area contributed by atoms with Crippen molar-refractivity contribution in [3.63, 3.8) is 0 Å². The number of rotatable bonds is 3. The highest BCUT2D eigenvalue weighted by atomic mass is 16.5. The molecule has 0 saturated heterocycles. The summed E-state index contributed by atoms with van der Waals surface area (Å²) in [4.78, 5) is 0. The van der Waals surface area contributed by atoms with Crippen LogP contribution in [-0.4, -0.2) is 6.61 Å². The molecule has 4 aliphatic rings. The van der Waals surface area contributed by atoms with Crippen LogP contribution in [0.5, 0.6) is 0 Å². The lowest BCUT2D eigenvalue weighted by Crippen LogP contribution is -2.38. The van der Waals surface area contributed by atoms with E-state index in [0.29, 0.717) is 6.61 Å². The summed E-state index contributed by atoms with van der Waals surface area (Å²) in [6.07, 6.45) is 12.7. The molecule has 1 heteroatoms. The molecule has 0 N–H and O–H groups in total. The first-order valence-electron chi connectivity index (χ1n) is 6.65. The van der Waals surface area contributed by atoms with Crippen LogP contribution in [0.2, 0.25) is 0 Å². The van der Waals surface area contributed by atoms with Crippen molar-refractivity contribution in [2.24, 2.45) is 23.7 Å². The van der Waals surface area contributed by atoms with Crippen molar-refractivity contribution < 1.29 is 4.74 Å². The molecule has 4 rings (SSSR count). The standard InChI is InChI=1S/C10H16.C5H8O/c1-7-2-9-4-8(1)5-10(3-7)6-9;1-3-5-6-4-2/h7-10H,1-6H2;3-4H,1-2,5H2. The van der Waals surface area contributed by atoms with Crippen molar-refractivity contribution in [1.82, 2.24) is 0 Å². The molecule has 4 fully saturated rings. The van der Waals surface area contributed by atoms with E-state index >= 15 is 0 Å². The van der Waals surface area contributed by atoms with E-state index in [1.807, 2.05) is 0 Å². The van der Waals surface area contributed by atoms with E-state index < -0.39 is 0 Å². The molecule has 0 spiro atoms. The summed E-state index contributed by atoms with van der Waals surface area (Å²) in [7, 11) is 0.